The van der Waals surface area contributed by atoms with Gasteiger partial charge in [-0.05, 0) is 66.8 Å². The lowest BCUT2D eigenvalue weighted by Gasteiger charge is -2.22. The van der Waals surface area contributed by atoms with Crippen LogP contribution < -0.4 is 5.32 Å². The van der Waals surface area contributed by atoms with Gasteiger partial charge in [0.1, 0.15) is 17.4 Å². The zero-order valence-corrected chi connectivity index (χ0v) is 18.5. The average Bonchev–Trinajstić information content (AvgIpc) is 3.37. The van der Waals surface area contributed by atoms with Crippen LogP contribution in [0, 0.1) is 11.6 Å². The summed E-state index contributed by atoms with van der Waals surface area (Å²) in [6.07, 6.45) is 5.70. The molecule has 6 nitrogen and oxygen atoms in total. The van der Waals surface area contributed by atoms with E-state index in [0.29, 0.717) is 34.3 Å². The Bertz CT molecular complexity index is 1460. The van der Waals surface area contributed by atoms with Crippen LogP contribution in [0.1, 0.15) is 40.2 Å². The Morgan fingerprint density at radius 3 is 2.77 bits per heavy atom. The number of amides is 1. The summed E-state index contributed by atoms with van der Waals surface area (Å²) in [7, 11) is 0. The molecular formula is C27H20F2N2O4. The van der Waals surface area contributed by atoms with E-state index in [-0.39, 0.29) is 5.69 Å². The monoisotopic (exact) mass is 474 g/mol. The quantitative estimate of drug-likeness (QED) is 0.371. The molecule has 2 heterocycles. The van der Waals surface area contributed by atoms with E-state index < -0.39 is 30.1 Å². The largest absolute Gasteiger partial charge is 0.465 e. The number of anilines is 1. The molecule has 1 amide bonds. The highest BCUT2D eigenvalue weighted by molar-refractivity contribution is 6.07. The summed E-state index contributed by atoms with van der Waals surface area (Å²) in [4.78, 5) is 30.3. The van der Waals surface area contributed by atoms with E-state index in [1.807, 2.05) is 24.3 Å². The van der Waals surface area contributed by atoms with Gasteiger partial charge in [0, 0.05) is 11.5 Å². The highest BCUT2D eigenvalue weighted by Crippen LogP contribution is 2.36. The van der Waals surface area contributed by atoms with Crippen molar-refractivity contribution in [1.29, 1.82) is 0 Å². The number of benzene rings is 2. The molecule has 0 fully saturated rings. The summed E-state index contributed by atoms with van der Waals surface area (Å²) in [5.74, 6) is -2.28. The fourth-order valence-corrected chi connectivity index (χ4v) is 4.24. The van der Waals surface area contributed by atoms with Crippen LogP contribution in [0.3, 0.4) is 0 Å². The van der Waals surface area contributed by atoms with Crippen LogP contribution in [0.15, 0.2) is 65.3 Å². The van der Waals surface area contributed by atoms with Gasteiger partial charge in [0.15, 0.2) is 6.61 Å². The molecule has 0 saturated heterocycles. The number of carbonyl (C=O) groups excluding carboxylic acids is 2. The molecule has 0 unspecified atom stereocenters. The summed E-state index contributed by atoms with van der Waals surface area (Å²) >= 11 is 0. The van der Waals surface area contributed by atoms with Crippen LogP contribution in [-0.4, -0.2) is 23.5 Å². The summed E-state index contributed by atoms with van der Waals surface area (Å²) in [6, 6.07) is 13.6. The normalized spacial score (nSPS) is 14.1. The number of rotatable bonds is 5. The van der Waals surface area contributed by atoms with Crippen molar-refractivity contribution in [3.63, 3.8) is 0 Å². The first kappa shape index (κ1) is 22.5. The van der Waals surface area contributed by atoms with Gasteiger partial charge in [-0.25, -0.2) is 18.6 Å². The molecule has 35 heavy (non-hydrogen) atoms. The maximum Gasteiger partial charge on any atom is 0.339 e. The second-order valence-electron chi connectivity index (χ2n) is 8.12. The molecule has 2 aromatic heterocycles. The predicted molar refractivity (Wildman–Crippen MR) is 127 cm³/mol. The molecular weight excluding hydrogens is 454 g/mol. The molecule has 0 atom stereocenters. The minimum Gasteiger partial charge on any atom is -0.465 e. The third-order valence-corrected chi connectivity index (χ3v) is 5.77. The first-order valence-corrected chi connectivity index (χ1v) is 11.1. The summed E-state index contributed by atoms with van der Waals surface area (Å²) in [5, 5.41) is 2.84. The van der Waals surface area contributed by atoms with Gasteiger partial charge in [0.05, 0.1) is 28.7 Å². The maximum absolute atomic E-state index is 13.8. The van der Waals surface area contributed by atoms with Crippen molar-refractivity contribution in [2.45, 2.75) is 19.3 Å². The molecule has 0 saturated carbocycles. The third kappa shape index (κ3) is 4.68. The van der Waals surface area contributed by atoms with Crippen molar-refractivity contribution >= 4 is 40.1 Å². The first-order valence-electron chi connectivity index (χ1n) is 11.1. The smallest absolute Gasteiger partial charge is 0.339 e. The number of furan rings is 1. The number of nitrogens with one attached hydrogen (secondary N) is 1. The number of aromatic nitrogens is 1. The van der Waals surface area contributed by atoms with E-state index in [2.05, 4.69) is 5.32 Å². The van der Waals surface area contributed by atoms with Crippen molar-refractivity contribution in [3.8, 4) is 0 Å². The standard InChI is InChI=1S/C27H20F2N2O4/c28-17-10-11-21(29)23(14-17)30-24(32)15-35-27(33)25-19-7-1-2-9-22(19)31-26-16(5-3-8-20(25)26)13-18-6-4-12-34-18/h1-2,4,6-7,9-14H,3,5,8,15H2,(H,30,32). The molecule has 0 aliphatic heterocycles. The number of fused-ring (bicyclic) bond motifs is 2. The van der Waals surface area contributed by atoms with Gasteiger partial charge in [-0.1, -0.05) is 18.2 Å². The molecule has 2 aromatic carbocycles. The van der Waals surface area contributed by atoms with Gasteiger partial charge in [-0.3, -0.25) is 4.79 Å². The van der Waals surface area contributed by atoms with E-state index in [1.165, 1.54) is 0 Å². The molecule has 1 aliphatic rings. The van der Waals surface area contributed by atoms with Gasteiger partial charge in [-0.15, -0.1) is 0 Å². The molecule has 176 valence electrons. The number of ether oxygens (including phenoxy) is 1. The Morgan fingerprint density at radius 1 is 1.09 bits per heavy atom. The topological polar surface area (TPSA) is 81.4 Å². The van der Waals surface area contributed by atoms with Crippen LogP contribution in [0.4, 0.5) is 14.5 Å². The van der Waals surface area contributed by atoms with E-state index in [4.69, 9.17) is 14.1 Å². The highest BCUT2D eigenvalue weighted by Gasteiger charge is 2.26. The van der Waals surface area contributed by atoms with E-state index >= 15 is 0 Å². The highest BCUT2D eigenvalue weighted by atomic mass is 19.1. The summed E-state index contributed by atoms with van der Waals surface area (Å²) in [5.41, 5.74) is 3.03. The number of halogens is 2. The third-order valence-electron chi connectivity index (χ3n) is 5.77. The second-order valence-corrected chi connectivity index (χ2v) is 8.12. The van der Waals surface area contributed by atoms with Gasteiger partial charge in [0.25, 0.3) is 5.91 Å². The van der Waals surface area contributed by atoms with E-state index in [1.54, 1.807) is 24.5 Å². The van der Waals surface area contributed by atoms with Gasteiger partial charge < -0.3 is 14.5 Å². The summed E-state index contributed by atoms with van der Waals surface area (Å²) in [6.45, 7) is -0.657. The second kappa shape index (κ2) is 9.50. The molecule has 5 rings (SSSR count). The lowest BCUT2D eigenvalue weighted by molar-refractivity contribution is -0.119. The molecule has 1 aliphatic carbocycles. The first-order chi connectivity index (χ1) is 17.0. The Kier molecular flexibility index (Phi) is 6.10. The van der Waals surface area contributed by atoms with Crippen molar-refractivity contribution in [2.75, 3.05) is 11.9 Å². The minimum atomic E-state index is -0.795. The molecule has 0 bridgehead atoms. The number of carbonyl (C=O) groups is 2. The molecule has 8 heteroatoms. The Hall–Kier alpha value is -4.33. The van der Waals surface area contributed by atoms with Crippen molar-refractivity contribution in [2.24, 2.45) is 0 Å². The number of hydrogen-bond acceptors (Lipinski definition) is 5. The van der Waals surface area contributed by atoms with Crippen LogP contribution in [0.25, 0.3) is 22.6 Å². The van der Waals surface area contributed by atoms with Crippen molar-refractivity contribution in [1.82, 2.24) is 4.98 Å². The van der Waals surface area contributed by atoms with E-state index in [0.717, 1.165) is 42.2 Å². The molecule has 1 N–H and O–H groups in total. The number of hydrogen-bond donors (Lipinski definition) is 1. The lowest BCUT2D eigenvalue weighted by Crippen LogP contribution is -2.23. The zero-order valence-electron chi connectivity index (χ0n) is 18.5. The zero-order chi connectivity index (χ0) is 24.4. The number of esters is 1. The van der Waals surface area contributed by atoms with Gasteiger partial charge in [-0.2, -0.15) is 0 Å². The SMILES string of the molecule is O=C(COC(=O)c1c2c(nc3ccccc13)C(=Cc1ccco1)CCC2)Nc1cc(F)ccc1F. The van der Waals surface area contributed by atoms with Crippen LogP contribution in [-0.2, 0) is 16.0 Å². The van der Waals surface area contributed by atoms with Crippen LogP contribution in [0.2, 0.25) is 0 Å². The van der Waals surface area contributed by atoms with Gasteiger partial charge >= 0.3 is 5.97 Å². The molecule has 0 spiro atoms. The Morgan fingerprint density at radius 2 is 1.94 bits per heavy atom. The van der Waals surface area contributed by atoms with Gasteiger partial charge in [0.2, 0.25) is 0 Å². The van der Waals surface area contributed by atoms with Crippen molar-refractivity contribution in [3.05, 3.63) is 95.1 Å². The number of pyridine rings is 1. The maximum atomic E-state index is 13.8. The fraction of sp³-hybridized carbons (Fsp3) is 0.148. The van der Waals surface area contributed by atoms with Crippen LogP contribution >= 0.6 is 0 Å². The summed E-state index contributed by atoms with van der Waals surface area (Å²) < 4.78 is 38.0. The predicted octanol–water partition coefficient (Wildman–Crippen LogP) is 5.78. The average molecular weight is 474 g/mol. The number of nitrogens with zero attached hydrogens (tertiary/aromatic N) is 1. The minimum absolute atomic E-state index is 0.328. The van der Waals surface area contributed by atoms with Crippen molar-refractivity contribution < 1.29 is 27.5 Å². The number of para-hydroxylation sites is 1. The molecule has 0 radical (unpaired) electrons. The molecule has 4 aromatic rings. The van der Waals surface area contributed by atoms with E-state index in [9.17, 15) is 18.4 Å². The van der Waals surface area contributed by atoms with Crippen LogP contribution in [0.5, 0.6) is 0 Å². The Balaban J connectivity index is 1.45. The number of allylic oxidation sites excluding steroid dienone is 1. The fourth-order valence-electron chi connectivity index (χ4n) is 4.24. The lowest BCUT2D eigenvalue weighted by atomic mass is 9.86. The Labute approximate surface area is 199 Å².